The van der Waals surface area contributed by atoms with E-state index in [1.54, 1.807) is 25.1 Å². The number of halogens is 2. The molecule has 0 bridgehead atoms. The van der Waals surface area contributed by atoms with E-state index in [4.69, 9.17) is 23.2 Å². The maximum atomic E-state index is 14.6. The van der Waals surface area contributed by atoms with Gasteiger partial charge in [-0.1, -0.05) is 60.5 Å². The van der Waals surface area contributed by atoms with Crippen molar-refractivity contribution in [1.29, 1.82) is 0 Å². The van der Waals surface area contributed by atoms with E-state index >= 15 is 0 Å². The number of benzene rings is 2. The molecule has 42 heavy (non-hydrogen) atoms. The van der Waals surface area contributed by atoms with Crippen LogP contribution in [-0.2, 0) is 26.2 Å². The third-order valence-corrected chi connectivity index (χ3v) is 11.0. The second-order valence-electron chi connectivity index (χ2n) is 11.7. The van der Waals surface area contributed by atoms with Gasteiger partial charge in [-0.3, -0.25) is 9.59 Å². The van der Waals surface area contributed by atoms with E-state index in [0.717, 1.165) is 28.8 Å². The van der Waals surface area contributed by atoms with Crippen molar-refractivity contribution in [3.8, 4) is 0 Å². The molecule has 1 saturated carbocycles. The lowest BCUT2D eigenvalue weighted by molar-refractivity contribution is -0.161. The van der Waals surface area contributed by atoms with Gasteiger partial charge in [-0.2, -0.15) is 4.31 Å². The predicted molar refractivity (Wildman–Crippen MR) is 166 cm³/mol. The molecule has 5 rings (SSSR count). The highest BCUT2D eigenvalue weighted by molar-refractivity contribution is 7.88. The van der Waals surface area contributed by atoms with Gasteiger partial charge in [0.1, 0.15) is 0 Å². The predicted octanol–water partition coefficient (Wildman–Crippen LogP) is 6.83. The number of carbonyl (C=O) groups is 2. The molecule has 0 spiro atoms. The summed E-state index contributed by atoms with van der Waals surface area (Å²) in [6.45, 7) is 2.04. The van der Waals surface area contributed by atoms with Gasteiger partial charge in [-0.25, -0.2) is 8.42 Å². The van der Waals surface area contributed by atoms with Crippen LogP contribution in [0.2, 0.25) is 10.0 Å². The third kappa shape index (κ3) is 6.86. The van der Waals surface area contributed by atoms with Crippen LogP contribution in [0.3, 0.4) is 0 Å². The maximum absolute atomic E-state index is 14.6. The zero-order chi connectivity index (χ0) is 30.2. The van der Waals surface area contributed by atoms with Crippen molar-refractivity contribution >= 4 is 56.4 Å². The Labute approximate surface area is 261 Å². The summed E-state index contributed by atoms with van der Waals surface area (Å²) in [6.07, 6.45) is 2.87. The Bertz CT molecular complexity index is 1540. The van der Waals surface area contributed by atoms with Crippen LogP contribution in [0, 0.1) is 11.3 Å². The summed E-state index contributed by atoms with van der Waals surface area (Å²) in [4.78, 5) is 29.5. The van der Waals surface area contributed by atoms with E-state index in [1.165, 1.54) is 21.9 Å². The Balaban J connectivity index is 1.66. The number of carboxylic acid groups (broad SMARTS) is 1. The summed E-state index contributed by atoms with van der Waals surface area (Å²) in [7, 11) is -3.63. The van der Waals surface area contributed by atoms with Crippen LogP contribution in [0.4, 0.5) is 0 Å². The fourth-order valence-electron chi connectivity index (χ4n) is 6.29. The second-order valence-corrected chi connectivity index (χ2v) is 15.6. The van der Waals surface area contributed by atoms with Crippen molar-refractivity contribution in [3.63, 3.8) is 0 Å². The number of carboxylic acids is 1. The molecule has 4 atom stereocenters. The van der Waals surface area contributed by atoms with Gasteiger partial charge in [0, 0.05) is 40.0 Å². The van der Waals surface area contributed by atoms with Crippen molar-refractivity contribution in [3.05, 3.63) is 92.1 Å². The molecular formula is C31H34Cl2N2O5S2. The van der Waals surface area contributed by atoms with E-state index in [1.807, 2.05) is 52.7 Å². The molecule has 1 aromatic heterocycles. The van der Waals surface area contributed by atoms with Crippen molar-refractivity contribution in [2.45, 2.75) is 57.2 Å². The average molecular weight is 650 g/mol. The van der Waals surface area contributed by atoms with Crippen LogP contribution in [0.5, 0.6) is 0 Å². The Hall–Kier alpha value is -2.43. The Morgan fingerprint density at radius 1 is 1.10 bits per heavy atom. The Morgan fingerprint density at radius 3 is 2.38 bits per heavy atom. The van der Waals surface area contributed by atoms with Gasteiger partial charge in [-0.15, -0.1) is 11.3 Å². The first-order chi connectivity index (χ1) is 19.9. The number of thiophene rings is 1. The molecule has 1 saturated heterocycles. The molecule has 224 valence electrons. The average Bonchev–Trinajstić information content (AvgIpc) is 3.62. The van der Waals surface area contributed by atoms with Crippen molar-refractivity contribution in [2.24, 2.45) is 11.3 Å². The van der Waals surface area contributed by atoms with Crippen LogP contribution in [0.25, 0.3) is 0 Å². The van der Waals surface area contributed by atoms with Gasteiger partial charge in [0.25, 0.3) is 0 Å². The molecule has 1 amide bonds. The largest absolute Gasteiger partial charge is 0.481 e. The molecule has 11 heteroatoms. The van der Waals surface area contributed by atoms with Gasteiger partial charge in [0.15, 0.2) is 0 Å². The molecule has 7 nitrogen and oxygen atoms in total. The SMILES string of the molecule is C[C@]1(CC(=O)O)C[C@H](c2cccc(Cl)c2)[C@@H](c2ccc(Cl)cc2)N(C(CN(Cc2cccs2)S(C)(=O)=O)C2CC2)C1=O. The smallest absolute Gasteiger partial charge is 0.304 e. The van der Waals surface area contributed by atoms with Crippen molar-refractivity contribution in [1.82, 2.24) is 9.21 Å². The first kappa shape index (κ1) is 31.0. The van der Waals surface area contributed by atoms with E-state index in [2.05, 4.69) is 0 Å². The fourth-order valence-corrected chi connectivity index (χ4v) is 8.22. The van der Waals surface area contributed by atoms with E-state index in [9.17, 15) is 23.1 Å². The normalized spacial score (nSPS) is 23.7. The number of sulfonamides is 1. The molecule has 2 aliphatic rings. The molecule has 1 N–H and O–H groups in total. The zero-order valence-electron chi connectivity index (χ0n) is 23.4. The highest BCUT2D eigenvalue weighted by Gasteiger charge is 2.55. The van der Waals surface area contributed by atoms with Crippen molar-refractivity contribution < 1.29 is 23.1 Å². The van der Waals surface area contributed by atoms with Crippen LogP contribution < -0.4 is 0 Å². The van der Waals surface area contributed by atoms with Gasteiger partial charge in [0.2, 0.25) is 15.9 Å². The number of hydrogen-bond acceptors (Lipinski definition) is 5. The van der Waals surface area contributed by atoms with E-state index < -0.39 is 33.5 Å². The van der Waals surface area contributed by atoms with E-state index in [-0.39, 0.29) is 37.3 Å². The highest BCUT2D eigenvalue weighted by atomic mass is 35.5. The summed E-state index contributed by atoms with van der Waals surface area (Å²) >= 11 is 14.2. The molecule has 1 aliphatic heterocycles. The molecule has 0 radical (unpaired) electrons. The summed E-state index contributed by atoms with van der Waals surface area (Å²) in [5, 5.41) is 12.9. The minimum absolute atomic E-state index is 0.0866. The third-order valence-electron chi connectivity index (χ3n) is 8.43. The molecule has 1 aliphatic carbocycles. The molecule has 1 unspecified atom stereocenters. The number of piperidine rings is 1. The summed E-state index contributed by atoms with van der Waals surface area (Å²) in [5.74, 6) is -1.54. The lowest BCUT2D eigenvalue weighted by Gasteiger charge is -2.52. The van der Waals surface area contributed by atoms with Crippen LogP contribution in [0.15, 0.2) is 66.0 Å². The minimum Gasteiger partial charge on any atom is -0.481 e. The summed E-state index contributed by atoms with van der Waals surface area (Å²) < 4.78 is 27.7. The van der Waals surface area contributed by atoms with Crippen molar-refractivity contribution in [2.75, 3.05) is 12.8 Å². The maximum Gasteiger partial charge on any atom is 0.304 e. The number of nitrogens with zero attached hydrogens (tertiary/aromatic N) is 2. The number of likely N-dealkylation sites (tertiary alicyclic amines) is 1. The quantitative estimate of drug-likeness (QED) is 0.246. The topological polar surface area (TPSA) is 95.0 Å². The van der Waals surface area contributed by atoms with Crippen LogP contribution in [-0.4, -0.2) is 53.4 Å². The molecule has 2 heterocycles. The number of rotatable bonds is 11. The first-order valence-electron chi connectivity index (χ1n) is 13.9. The Kier molecular flexibility index (Phi) is 9.07. The Morgan fingerprint density at radius 2 is 1.81 bits per heavy atom. The minimum atomic E-state index is -3.63. The molecule has 2 aromatic carbocycles. The van der Waals surface area contributed by atoms with E-state index in [0.29, 0.717) is 16.5 Å². The number of hydrogen-bond donors (Lipinski definition) is 1. The lowest BCUT2D eigenvalue weighted by Crippen LogP contribution is -2.59. The van der Waals surface area contributed by atoms with Gasteiger partial charge < -0.3 is 10.0 Å². The molecule has 2 fully saturated rings. The zero-order valence-corrected chi connectivity index (χ0v) is 26.6. The fraction of sp³-hybridized carbons (Fsp3) is 0.419. The van der Waals surface area contributed by atoms with Gasteiger partial charge >= 0.3 is 5.97 Å². The lowest BCUT2D eigenvalue weighted by atomic mass is 9.67. The summed E-state index contributed by atoms with van der Waals surface area (Å²) in [5.41, 5.74) is 0.535. The summed E-state index contributed by atoms with van der Waals surface area (Å²) in [6, 6.07) is 17.7. The molecule has 3 aromatic rings. The number of aliphatic carboxylic acids is 1. The molecular weight excluding hydrogens is 615 g/mol. The van der Waals surface area contributed by atoms with Gasteiger partial charge in [-0.05, 0) is 72.0 Å². The first-order valence-corrected chi connectivity index (χ1v) is 17.4. The highest BCUT2D eigenvalue weighted by Crippen LogP contribution is 2.54. The standard InChI is InChI=1S/C31H34Cl2N2O5S2/c1-31(17-28(36)37)16-26(22-5-3-6-24(33)15-22)29(21-10-12-23(32)13-11-21)35(30(31)38)27(20-8-9-20)19-34(42(2,39)40)18-25-7-4-14-41-25/h3-7,10-15,20,26-27,29H,8-9,16-19H2,1-2H3,(H,36,37)/t26-,27?,29-,31-/m1/s1. The van der Waals surface area contributed by atoms with Gasteiger partial charge in [0.05, 0.1) is 24.1 Å². The van der Waals surface area contributed by atoms with Crippen LogP contribution >= 0.6 is 34.5 Å². The second kappa shape index (κ2) is 12.3. The van der Waals surface area contributed by atoms with Crippen LogP contribution in [0.1, 0.15) is 60.6 Å². The number of amides is 1. The monoisotopic (exact) mass is 648 g/mol. The number of carbonyl (C=O) groups excluding carboxylic acids is 1.